The topological polar surface area (TPSA) is 0 Å². The van der Waals surface area contributed by atoms with Crippen LogP contribution in [-0.4, -0.2) is 0 Å². The van der Waals surface area contributed by atoms with Crippen LogP contribution >= 0.6 is 0 Å². The third-order valence-electron chi connectivity index (χ3n) is 3.15. The van der Waals surface area contributed by atoms with Crippen molar-refractivity contribution in [1.82, 2.24) is 0 Å². The van der Waals surface area contributed by atoms with Crippen LogP contribution in [0.3, 0.4) is 0 Å². The van der Waals surface area contributed by atoms with E-state index in [2.05, 4.69) is 26.8 Å². The molecule has 1 aliphatic carbocycles. The Bertz CT molecular complexity index is 155. The van der Waals surface area contributed by atoms with Crippen molar-refractivity contribution in [3.63, 3.8) is 0 Å². The predicted molar refractivity (Wildman–Crippen MR) is 55.2 cm³/mol. The largest absolute Gasteiger partial charge is 0.0887 e. The van der Waals surface area contributed by atoms with Crippen LogP contribution in [0.15, 0.2) is 11.6 Å². The maximum absolute atomic E-state index is 2.40. The smallest absolute Gasteiger partial charge is 0.0295 e. The van der Waals surface area contributed by atoms with Crippen molar-refractivity contribution in [3.05, 3.63) is 11.6 Å². The lowest BCUT2D eigenvalue weighted by atomic mass is 9.79. The van der Waals surface area contributed by atoms with E-state index in [1.165, 1.54) is 32.1 Å². The molecule has 0 aromatic heterocycles. The number of hydrogen-bond donors (Lipinski definition) is 0. The molecule has 0 spiro atoms. The first-order valence-electron chi connectivity index (χ1n) is 5.34. The van der Waals surface area contributed by atoms with Crippen LogP contribution in [0.1, 0.15) is 52.9 Å². The number of hydrogen-bond acceptors (Lipinski definition) is 0. The second-order valence-electron chi connectivity index (χ2n) is 4.48. The maximum atomic E-state index is 2.40. The van der Waals surface area contributed by atoms with Crippen LogP contribution in [0.2, 0.25) is 0 Å². The van der Waals surface area contributed by atoms with Crippen molar-refractivity contribution in [2.45, 2.75) is 52.9 Å². The van der Waals surface area contributed by atoms with Crippen molar-refractivity contribution in [2.24, 2.45) is 11.8 Å². The molecule has 0 heterocycles. The van der Waals surface area contributed by atoms with Crippen LogP contribution in [-0.2, 0) is 0 Å². The third kappa shape index (κ3) is 3.00. The molecule has 0 bridgehead atoms. The van der Waals surface area contributed by atoms with Gasteiger partial charge in [0.25, 0.3) is 0 Å². The lowest BCUT2D eigenvalue weighted by Gasteiger charge is -2.26. The summed E-state index contributed by atoms with van der Waals surface area (Å²) in [6.07, 6.45) is 9.47. The van der Waals surface area contributed by atoms with Gasteiger partial charge in [-0.15, -0.1) is 0 Å². The summed E-state index contributed by atoms with van der Waals surface area (Å²) in [7, 11) is 0. The minimum atomic E-state index is 0.980. The van der Waals surface area contributed by atoms with Crippen molar-refractivity contribution in [2.75, 3.05) is 0 Å². The molecule has 0 saturated heterocycles. The van der Waals surface area contributed by atoms with Gasteiger partial charge >= 0.3 is 0 Å². The van der Waals surface area contributed by atoms with Crippen molar-refractivity contribution in [3.8, 4) is 0 Å². The van der Waals surface area contributed by atoms with Gasteiger partial charge in [-0.2, -0.15) is 0 Å². The van der Waals surface area contributed by atoms with Gasteiger partial charge in [-0.3, -0.25) is 0 Å². The van der Waals surface area contributed by atoms with Crippen molar-refractivity contribution >= 4 is 0 Å². The van der Waals surface area contributed by atoms with Crippen molar-refractivity contribution in [1.29, 1.82) is 0 Å². The lowest BCUT2D eigenvalue weighted by Crippen LogP contribution is -2.13. The molecule has 2 unspecified atom stereocenters. The molecule has 0 aromatic rings. The first-order valence-corrected chi connectivity index (χ1v) is 5.34. The highest BCUT2D eigenvalue weighted by atomic mass is 14.2. The summed E-state index contributed by atoms with van der Waals surface area (Å²) in [5.74, 6) is 1.97. The fourth-order valence-electron chi connectivity index (χ4n) is 2.32. The molecular weight excluding hydrogens is 144 g/mol. The highest BCUT2D eigenvalue weighted by Gasteiger charge is 2.18. The monoisotopic (exact) mass is 166 g/mol. The number of allylic oxidation sites excluding steroid dienone is 2. The van der Waals surface area contributed by atoms with Gasteiger partial charge < -0.3 is 0 Å². The standard InChI is InChI=1S/C12H22/c1-4-10(2)8-12-7-5-6-11(3)9-12/h4,11-12H,5-9H2,1-3H3/b10-4-. The van der Waals surface area contributed by atoms with E-state index in [9.17, 15) is 0 Å². The molecule has 1 rings (SSSR count). The molecule has 1 aliphatic rings. The van der Waals surface area contributed by atoms with Crippen LogP contribution < -0.4 is 0 Å². The summed E-state index contributed by atoms with van der Waals surface area (Å²) in [6.45, 7) is 6.82. The first-order chi connectivity index (χ1) is 5.72. The third-order valence-corrected chi connectivity index (χ3v) is 3.15. The van der Waals surface area contributed by atoms with E-state index in [0.29, 0.717) is 0 Å². The Hall–Kier alpha value is -0.260. The number of rotatable bonds is 2. The molecule has 0 radical (unpaired) electrons. The van der Waals surface area contributed by atoms with E-state index >= 15 is 0 Å². The van der Waals surface area contributed by atoms with Crippen LogP contribution in [0, 0.1) is 11.8 Å². The Morgan fingerprint density at radius 2 is 2.17 bits per heavy atom. The van der Waals surface area contributed by atoms with Gasteiger partial charge in [-0.05, 0) is 38.5 Å². The Labute approximate surface area is 77.1 Å². The Morgan fingerprint density at radius 3 is 2.75 bits per heavy atom. The Morgan fingerprint density at radius 1 is 1.42 bits per heavy atom. The summed E-state index contributed by atoms with van der Waals surface area (Å²) >= 11 is 0. The second-order valence-corrected chi connectivity index (χ2v) is 4.48. The SMILES string of the molecule is C/C=C(/C)CC1CCCC(C)C1. The van der Waals surface area contributed by atoms with Gasteiger partial charge in [0.1, 0.15) is 0 Å². The molecule has 0 aromatic carbocycles. The summed E-state index contributed by atoms with van der Waals surface area (Å²) < 4.78 is 0. The molecule has 0 N–H and O–H groups in total. The molecule has 2 atom stereocenters. The highest BCUT2D eigenvalue weighted by Crippen LogP contribution is 2.32. The van der Waals surface area contributed by atoms with Gasteiger partial charge in [0.15, 0.2) is 0 Å². The normalized spacial score (nSPS) is 32.1. The van der Waals surface area contributed by atoms with Crippen molar-refractivity contribution < 1.29 is 0 Å². The minimum absolute atomic E-state index is 0.980. The zero-order chi connectivity index (χ0) is 8.97. The summed E-state index contributed by atoms with van der Waals surface area (Å²) in [5, 5.41) is 0. The minimum Gasteiger partial charge on any atom is -0.0887 e. The average molecular weight is 166 g/mol. The van der Waals surface area contributed by atoms with E-state index in [-0.39, 0.29) is 0 Å². The van der Waals surface area contributed by atoms with Gasteiger partial charge in [-0.25, -0.2) is 0 Å². The van der Waals surface area contributed by atoms with E-state index < -0.39 is 0 Å². The van der Waals surface area contributed by atoms with Gasteiger partial charge in [0.05, 0.1) is 0 Å². The predicted octanol–water partition coefficient (Wildman–Crippen LogP) is 4.17. The lowest BCUT2D eigenvalue weighted by molar-refractivity contribution is 0.281. The fraction of sp³-hybridized carbons (Fsp3) is 0.833. The molecule has 12 heavy (non-hydrogen) atoms. The Kier molecular flexibility index (Phi) is 3.84. The molecule has 70 valence electrons. The molecule has 0 amide bonds. The van der Waals surface area contributed by atoms with E-state index in [1.54, 1.807) is 5.57 Å². The summed E-state index contributed by atoms with van der Waals surface area (Å²) in [6, 6.07) is 0. The zero-order valence-corrected chi connectivity index (χ0v) is 8.77. The zero-order valence-electron chi connectivity index (χ0n) is 8.77. The van der Waals surface area contributed by atoms with Gasteiger partial charge in [-0.1, -0.05) is 37.8 Å². The fourth-order valence-corrected chi connectivity index (χ4v) is 2.32. The maximum Gasteiger partial charge on any atom is -0.0295 e. The van der Waals surface area contributed by atoms with Crippen LogP contribution in [0.5, 0.6) is 0 Å². The van der Waals surface area contributed by atoms with E-state index in [4.69, 9.17) is 0 Å². The molecule has 1 fully saturated rings. The average Bonchev–Trinajstić information content (AvgIpc) is 2.04. The highest BCUT2D eigenvalue weighted by molar-refractivity contribution is 4.97. The summed E-state index contributed by atoms with van der Waals surface area (Å²) in [5.41, 5.74) is 1.58. The van der Waals surface area contributed by atoms with Crippen LogP contribution in [0.25, 0.3) is 0 Å². The summed E-state index contributed by atoms with van der Waals surface area (Å²) in [4.78, 5) is 0. The van der Waals surface area contributed by atoms with Gasteiger partial charge in [0.2, 0.25) is 0 Å². The van der Waals surface area contributed by atoms with Crippen LogP contribution in [0.4, 0.5) is 0 Å². The van der Waals surface area contributed by atoms with E-state index in [0.717, 1.165) is 11.8 Å². The first kappa shape index (κ1) is 9.83. The quantitative estimate of drug-likeness (QED) is 0.540. The molecule has 0 nitrogen and oxygen atoms in total. The van der Waals surface area contributed by atoms with Gasteiger partial charge in [0, 0.05) is 0 Å². The second kappa shape index (κ2) is 4.69. The Balaban J connectivity index is 2.32. The molecular formula is C12H22. The van der Waals surface area contributed by atoms with E-state index in [1.807, 2.05) is 0 Å². The molecule has 0 aliphatic heterocycles. The molecule has 0 heteroatoms. The molecule has 1 saturated carbocycles.